The van der Waals surface area contributed by atoms with E-state index >= 15 is 0 Å². The van der Waals surface area contributed by atoms with Crippen molar-refractivity contribution < 1.29 is 4.84 Å². The number of benzene rings is 1. The summed E-state index contributed by atoms with van der Waals surface area (Å²) in [4.78, 5) is 5.86. The highest BCUT2D eigenvalue weighted by Gasteiger charge is 2.05. The van der Waals surface area contributed by atoms with Crippen molar-refractivity contribution in [1.82, 2.24) is 5.48 Å². The summed E-state index contributed by atoms with van der Waals surface area (Å²) in [5.74, 6) is 0. The molecule has 2 aromatic rings. The zero-order valence-electron chi connectivity index (χ0n) is 8.21. The van der Waals surface area contributed by atoms with Crippen LogP contribution in [0.5, 0.6) is 0 Å². The van der Waals surface area contributed by atoms with Crippen LogP contribution in [0.15, 0.2) is 30.8 Å². The maximum absolute atomic E-state index is 5.91. The zero-order valence-corrected chi connectivity index (χ0v) is 9.78. The summed E-state index contributed by atoms with van der Waals surface area (Å²) < 4.78 is 1.15. The van der Waals surface area contributed by atoms with E-state index in [0.717, 1.165) is 20.3 Å². The van der Waals surface area contributed by atoms with Crippen molar-refractivity contribution in [3.63, 3.8) is 0 Å². The van der Waals surface area contributed by atoms with Gasteiger partial charge in [0, 0.05) is 9.72 Å². The van der Waals surface area contributed by atoms with Crippen molar-refractivity contribution >= 4 is 38.7 Å². The average molecular weight is 240 g/mol. The van der Waals surface area contributed by atoms with Gasteiger partial charge in [0.05, 0.1) is 17.7 Å². The maximum atomic E-state index is 5.91. The van der Waals surface area contributed by atoms with E-state index in [1.807, 2.05) is 18.2 Å². The molecule has 2 nitrogen and oxygen atoms in total. The Bertz CT molecular complexity index is 506. The molecule has 0 saturated carbocycles. The van der Waals surface area contributed by atoms with E-state index in [9.17, 15) is 0 Å². The fraction of sp³-hybridized carbons (Fsp3) is 0.0909. The van der Waals surface area contributed by atoms with E-state index in [0.29, 0.717) is 0 Å². The average Bonchev–Trinajstić information content (AvgIpc) is 2.60. The molecule has 0 amide bonds. The fourth-order valence-corrected chi connectivity index (χ4v) is 2.58. The lowest BCUT2D eigenvalue weighted by Gasteiger charge is -2.02. The van der Waals surface area contributed by atoms with Gasteiger partial charge in [-0.25, -0.2) is 0 Å². The van der Waals surface area contributed by atoms with Crippen LogP contribution in [0.3, 0.4) is 0 Å². The van der Waals surface area contributed by atoms with Crippen LogP contribution in [0.2, 0.25) is 5.02 Å². The molecule has 1 N–H and O–H groups in total. The van der Waals surface area contributed by atoms with Gasteiger partial charge >= 0.3 is 0 Å². The third-order valence-electron chi connectivity index (χ3n) is 2.00. The summed E-state index contributed by atoms with van der Waals surface area (Å²) in [6, 6.07) is 7.89. The molecule has 2 rings (SSSR count). The first-order chi connectivity index (χ1) is 7.20. The lowest BCUT2D eigenvalue weighted by molar-refractivity contribution is 0.137. The number of nitrogens with one attached hydrogen (secondary N) is 1. The smallest absolute Gasteiger partial charge is 0.0705 e. The molecule has 1 heterocycles. The van der Waals surface area contributed by atoms with Gasteiger partial charge in [-0.1, -0.05) is 24.2 Å². The number of thiophene rings is 1. The molecule has 0 aliphatic heterocycles. The number of hydroxylamine groups is 1. The quantitative estimate of drug-likeness (QED) is 0.826. The van der Waals surface area contributed by atoms with Crippen molar-refractivity contribution in [2.75, 3.05) is 7.11 Å². The zero-order chi connectivity index (χ0) is 10.8. The molecule has 0 unspecified atom stereocenters. The van der Waals surface area contributed by atoms with Crippen LogP contribution < -0.4 is 5.48 Å². The third-order valence-corrected chi connectivity index (χ3v) is 3.40. The predicted molar refractivity (Wildman–Crippen MR) is 66.0 cm³/mol. The number of hydrogen-bond donors (Lipinski definition) is 1. The van der Waals surface area contributed by atoms with Crippen molar-refractivity contribution in [2.24, 2.45) is 0 Å². The topological polar surface area (TPSA) is 21.3 Å². The second-order valence-corrected chi connectivity index (χ2v) is 4.60. The Balaban J connectivity index is 2.42. The number of halogens is 1. The summed E-state index contributed by atoms with van der Waals surface area (Å²) in [5, 5.41) is 1.92. The van der Waals surface area contributed by atoms with Crippen molar-refractivity contribution in [3.8, 4) is 0 Å². The minimum atomic E-state index is 0.751. The molecule has 0 saturated heterocycles. The summed E-state index contributed by atoms with van der Waals surface area (Å²) in [7, 11) is 1.56. The predicted octanol–water partition coefficient (Wildman–Crippen LogP) is 3.68. The molecule has 1 aromatic carbocycles. The first kappa shape index (κ1) is 10.5. The molecule has 0 fully saturated rings. The fourth-order valence-electron chi connectivity index (χ4n) is 1.33. The van der Waals surface area contributed by atoms with Gasteiger partial charge in [0.1, 0.15) is 0 Å². The Morgan fingerprint density at radius 2 is 2.27 bits per heavy atom. The highest BCUT2D eigenvalue weighted by Crippen LogP contribution is 2.30. The number of hydrogen-bond acceptors (Lipinski definition) is 3. The van der Waals surface area contributed by atoms with Gasteiger partial charge in [-0.2, -0.15) is 0 Å². The SMILES string of the molecule is C=C(NOC)c1cc2ccc(Cl)cc2s1. The van der Waals surface area contributed by atoms with Gasteiger partial charge in [-0.15, -0.1) is 11.3 Å². The molecule has 0 aliphatic carbocycles. The minimum absolute atomic E-state index is 0.751. The first-order valence-electron chi connectivity index (χ1n) is 4.38. The first-order valence-corrected chi connectivity index (χ1v) is 5.57. The van der Waals surface area contributed by atoms with Gasteiger partial charge in [0.2, 0.25) is 0 Å². The van der Waals surface area contributed by atoms with Gasteiger partial charge < -0.3 is 0 Å². The second kappa shape index (κ2) is 4.23. The highest BCUT2D eigenvalue weighted by atomic mass is 35.5. The van der Waals surface area contributed by atoms with Gasteiger partial charge in [-0.05, 0) is 23.6 Å². The van der Waals surface area contributed by atoms with Crippen molar-refractivity contribution in [2.45, 2.75) is 0 Å². The summed E-state index contributed by atoms with van der Waals surface area (Å²) in [5.41, 5.74) is 3.48. The van der Waals surface area contributed by atoms with Crippen LogP contribution in [0.4, 0.5) is 0 Å². The standard InChI is InChI=1S/C11H10ClNOS/c1-7(13-14-2)10-5-8-3-4-9(12)6-11(8)15-10/h3-6,13H,1H2,2H3. The Kier molecular flexibility index (Phi) is 2.95. The molecule has 78 valence electrons. The Hall–Kier alpha value is -1.03. The number of rotatable bonds is 3. The summed E-state index contributed by atoms with van der Waals surface area (Å²) in [6.07, 6.45) is 0. The lowest BCUT2D eigenvalue weighted by atomic mass is 10.2. The van der Waals surface area contributed by atoms with E-state index in [4.69, 9.17) is 16.4 Å². The normalized spacial score (nSPS) is 10.5. The maximum Gasteiger partial charge on any atom is 0.0705 e. The Morgan fingerprint density at radius 3 is 3.00 bits per heavy atom. The Morgan fingerprint density at radius 1 is 1.47 bits per heavy atom. The molecule has 0 atom stereocenters. The van der Waals surface area contributed by atoms with Crippen LogP contribution in [0.1, 0.15) is 4.88 Å². The summed E-state index contributed by atoms with van der Waals surface area (Å²) in [6.45, 7) is 3.87. The highest BCUT2D eigenvalue weighted by molar-refractivity contribution is 7.20. The largest absolute Gasteiger partial charge is 0.279 e. The monoisotopic (exact) mass is 239 g/mol. The third kappa shape index (κ3) is 2.15. The molecular weight excluding hydrogens is 230 g/mol. The van der Waals surface area contributed by atoms with E-state index in [2.05, 4.69) is 18.1 Å². The summed E-state index contributed by atoms with van der Waals surface area (Å²) >= 11 is 7.55. The Labute approximate surface area is 97.1 Å². The minimum Gasteiger partial charge on any atom is -0.279 e. The number of fused-ring (bicyclic) bond motifs is 1. The van der Waals surface area contributed by atoms with Crippen molar-refractivity contribution in [3.05, 3.63) is 40.7 Å². The molecule has 0 bridgehead atoms. The van der Waals surface area contributed by atoms with Crippen molar-refractivity contribution in [1.29, 1.82) is 0 Å². The molecule has 0 radical (unpaired) electrons. The van der Waals surface area contributed by atoms with Crippen LogP contribution in [0, 0.1) is 0 Å². The van der Waals surface area contributed by atoms with E-state index < -0.39 is 0 Å². The second-order valence-electron chi connectivity index (χ2n) is 3.08. The lowest BCUT2D eigenvalue weighted by Crippen LogP contribution is -2.07. The molecule has 0 aliphatic rings. The van der Waals surface area contributed by atoms with Crippen LogP contribution in [-0.4, -0.2) is 7.11 Å². The van der Waals surface area contributed by atoms with E-state index in [1.165, 1.54) is 5.39 Å². The van der Waals surface area contributed by atoms with Gasteiger partial charge in [0.15, 0.2) is 0 Å². The van der Waals surface area contributed by atoms with Crippen LogP contribution in [0.25, 0.3) is 15.8 Å². The van der Waals surface area contributed by atoms with Gasteiger partial charge in [-0.3, -0.25) is 10.3 Å². The van der Waals surface area contributed by atoms with E-state index in [1.54, 1.807) is 18.4 Å². The van der Waals surface area contributed by atoms with Crippen LogP contribution >= 0.6 is 22.9 Å². The molecule has 4 heteroatoms. The molecule has 15 heavy (non-hydrogen) atoms. The van der Waals surface area contributed by atoms with Crippen LogP contribution in [-0.2, 0) is 4.84 Å². The van der Waals surface area contributed by atoms with Gasteiger partial charge in [0.25, 0.3) is 0 Å². The molecular formula is C11H10ClNOS. The van der Waals surface area contributed by atoms with E-state index in [-0.39, 0.29) is 0 Å². The molecule has 0 spiro atoms. The molecule has 1 aromatic heterocycles.